The van der Waals surface area contributed by atoms with Crippen molar-refractivity contribution < 1.29 is 9.53 Å². The van der Waals surface area contributed by atoms with Crippen LogP contribution in [-0.4, -0.2) is 44.5 Å². The smallest absolute Gasteiger partial charge is 0.246 e. The highest BCUT2D eigenvalue weighted by Gasteiger charge is 2.28. The van der Waals surface area contributed by atoms with Gasteiger partial charge in [-0.2, -0.15) is 4.52 Å². The Morgan fingerprint density at radius 2 is 2.00 bits per heavy atom. The largest absolute Gasteiger partial charge is 0.367 e. The lowest BCUT2D eigenvalue weighted by atomic mass is 10.2. The number of hydrogen-bond acceptors (Lipinski definition) is 6. The summed E-state index contributed by atoms with van der Waals surface area (Å²) in [5.74, 6) is 0.734. The molecular formula is C17H16Cl2N6O2. The van der Waals surface area contributed by atoms with Gasteiger partial charge in [0.1, 0.15) is 11.9 Å². The summed E-state index contributed by atoms with van der Waals surface area (Å²) in [4.78, 5) is 11.2. The Bertz CT molecular complexity index is 988. The van der Waals surface area contributed by atoms with Gasteiger partial charge in [0.2, 0.25) is 5.91 Å². The highest BCUT2D eigenvalue weighted by Crippen LogP contribution is 2.26. The Kier molecular flexibility index (Phi) is 4.86. The van der Waals surface area contributed by atoms with Gasteiger partial charge >= 0.3 is 0 Å². The molecule has 2 unspecified atom stereocenters. The van der Waals surface area contributed by atoms with Gasteiger partial charge in [-0.05, 0) is 43.2 Å². The molecule has 1 aliphatic rings. The Labute approximate surface area is 164 Å². The number of fused-ring (bicyclic) bond motifs is 1. The molecule has 10 heteroatoms. The van der Waals surface area contributed by atoms with Gasteiger partial charge in [-0.3, -0.25) is 4.79 Å². The van der Waals surface area contributed by atoms with Crippen molar-refractivity contribution in [3.63, 3.8) is 0 Å². The second-order valence-electron chi connectivity index (χ2n) is 6.28. The molecular weight excluding hydrogens is 391 g/mol. The summed E-state index contributed by atoms with van der Waals surface area (Å²) in [6.07, 6.45) is 0.803. The monoisotopic (exact) mass is 406 g/mol. The summed E-state index contributed by atoms with van der Waals surface area (Å²) in [6.45, 7) is 0.517. The summed E-state index contributed by atoms with van der Waals surface area (Å²) in [5.41, 5.74) is 6.59. The second kappa shape index (κ2) is 7.30. The van der Waals surface area contributed by atoms with E-state index in [-0.39, 0.29) is 6.10 Å². The van der Waals surface area contributed by atoms with E-state index in [2.05, 4.69) is 20.6 Å². The molecule has 140 valence electrons. The highest BCUT2D eigenvalue weighted by atomic mass is 35.5. The number of anilines is 1. The summed E-state index contributed by atoms with van der Waals surface area (Å²) >= 11 is 12.2. The van der Waals surface area contributed by atoms with Crippen molar-refractivity contribution in [3.05, 3.63) is 40.4 Å². The number of halogens is 2. The molecule has 0 bridgehead atoms. The third-order valence-corrected chi connectivity index (χ3v) is 4.76. The van der Waals surface area contributed by atoms with Gasteiger partial charge in [-0.25, -0.2) is 0 Å². The maximum atomic E-state index is 11.2. The van der Waals surface area contributed by atoms with Crippen molar-refractivity contribution in [1.82, 2.24) is 19.8 Å². The van der Waals surface area contributed by atoms with Crippen LogP contribution in [-0.2, 0) is 9.53 Å². The lowest BCUT2D eigenvalue weighted by Gasteiger charge is -2.13. The molecule has 27 heavy (non-hydrogen) atoms. The number of carbonyl (C=O) groups excluding carboxylic acids is 1. The number of ether oxygens (including phenoxy) is 1. The number of primary amides is 1. The summed E-state index contributed by atoms with van der Waals surface area (Å²) in [6, 6.07) is 8.76. The van der Waals surface area contributed by atoms with E-state index >= 15 is 0 Å². The third-order valence-electron chi connectivity index (χ3n) is 4.32. The molecule has 1 amide bonds. The fourth-order valence-corrected chi connectivity index (χ4v) is 3.56. The minimum absolute atomic E-state index is 0.0906. The van der Waals surface area contributed by atoms with E-state index in [1.165, 1.54) is 0 Å². The van der Waals surface area contributed by atoms with Crippen LogP contribution < -0.4 is 11.1 Å². The molecule has 0 radical (unpaired) electrons. The van der Waals surface area contributed by atoms with E-state index in [9.17, 15) is 4.79 Å². The molecule has 1 aliphatic heterocycles. The second-order valence-corrected chi connectivity index (χ2v) is 7.15. The van der Waals surface area contributed by atoms with Gasteiger partial charge in [0, 0.05) is 22.2 Å². The molecule has 4 rings (SSSR count). The zero-order valence-corrected chi connectivity index (χ0v) is 15.6. The quantitative estimate of drug-likeness (QED) is 0.673. The molecule has 0 saturated carbocycles. The molecule has 2 aromatic heterocycles. The standard InChI is InChI=1S/C17H16Cl2N6O2/c18-10-5-9(6-11(19)7-10)17-23-22-15-4-3-14(24-25(15)17)21-8-12-1-2-13(27-12)16(20)26/h3-7,12-13H,1-2,8H2,(H2,20,26)(H,21,24). The molecule has 3 aromatic rings. The Morgan fingerprint density at radius 1 is 1.22 bits per heavy atom. The van der Waals surface area contributed by atoms with Crippen LogP contribution in [0.25, 0.3) is 17.0 Å². The summed E-state index contributed by atoms with van der Waals surface area (Å²) in [5, 5.41) is 17.1. The lowest BCUT2D eigenvalue weighted by molar-refractivity contribution is -0.128. The third kappa shape index (κ3) is 3.83. The van der Waals surface area contributed by atoms with E-state index in [4.69, 9.17) is 33.7 Å². The van der Waals surface area contributed by atoms with Crippen molar-refractivity contribution in [2.24, 2.45) is 5.73 Å². The topological polar surface area (TPSA) is 107 Å². The van der Waals surface area contributed by atoms with E-state index in [1.54, 1.807) is 34.8 Å². The first kappa shape index (κ1) is 18.0. The van der Waals surface area contributed by atoms with Crippen LogP contribution in [0.1, 0.15) is 12.8 Å². The molecule has 1 aromatic carbocycles. The molecule has 3 N–H and O–H groups in total. The first-order valence-corrected chi connectivity index (χ1v) is 9.13. The van der Waals surface area contributed by atoms with Crippen LogP contribution in [0.15, 0.2) is 30.3 Å². The minimum Gasteiger partial charge on any atom is -0.367 e. The van der Waals surface area contributed by atoms with Crippen molar-refractivity contribution >= 4 is 40.6 Å². The van der Waals surface area contributed by atoms with E-state index in [1.807, 2.05) is 0 Å². The van der Waals surface area contributed by atoms with E-state index in [0.29, 0.717) is 45.9 Å². The number of nitrogens with one attached hydrogen (secondary N) is 1. The van der Waals surface area contributed by atoms with Gasteiger partial charge in [0.15, 0.2) is 11.5 Å². The fourth-order valence-electron chi connectivity index (χ4n) is 3.03. The maximum absolute atomic E-state index is 11.2. The summed E-state index contributed by atoms with van der Waals surface area (Å²) < 4.78 is 7.23. The number of carbonyl (C=O) groups is 1. The molecule has 3 heterocycles. The van der Waals surface area contributed by atoms with E-state index < -0.39 is 12.0 Å². The highest BCUT2D eigenvalue weighted by molar-refractivity contribution is 6.35. The van der Waals surface area contributed by atoms with Crippen LogP contribution in [0.4, 0.5) is 5.82 Å². The fraction of sp³-hybridized carbons (Fsp3) is 0.294. The molecule has 1 fully saturated rings. The van der Waals surface area contributed by atoms with Crippen LogP contribution in [0, 0.1) is 0 Å². The van der Waals surface area contributed by atoms with Crippen molar-refractivity contribution in [2.45, 2.75) is 25.0 Å². The predicted octanol–water partition coefficient (Wildman–Crippen LogP) is 2.54. The van der Waals surface area contributed by atoms with Crippen LogP contribution >= 0.6 is 23.2 Å². The van der Waals surface area contributed by atoms with Gasteiger partial charge in [-0.1, -0.05) is 23.2 Å². The van der Waals surface area contributed by atoms with Gasteiger partial charge in [-0.15, -0.1) is 15.3 Å². The molecule has 0 spiro atoms. The number of hydrogen-bond donors (Lipinski definition) is 2. The number of aromatic nitrogens is 4. The molecule has 2 atom stereocenters. The Hall–Kier alpha value is -2.42. The van der Waals surface area contributed by atoms with Crippen LogP contribution in [0.5, 0.6) is 0 Å². The minimum atomic E-state index is -0.510. The van der Waals surface area contributed by atoms with Gasteiger partial charge < -0.3 is 15.8 Å². The van der Waals surface area contributed by atoms with Gasteiger partial charge in [0.25, 0.3) is 0 Å². The van der Waals surface area contributed by atoms with Crippen LogP contribution in [0.3, 0.4) is 0 Å². The average Bonchev–Trinajstić information content (AvgIpc) is 3.26. The van der Waals surface area contributed by atoms with Crippen molar-refractivity contribution in [2.75, 3.05) is 11.9 Å². The zero-order chi connectivity index (χ0) is 19.0. The van der Waals surface area contributed by atoms with E-state index in [0.717, 1.165) is 6.42 Å². The Morgan fingerprint density at radius 3 is 2.70 bits per heavy atom. The number of benzene rings is 1. The average molecular weight is 407 g/mol. The number of amides is 1. The van der Waals surface area contributed by atoms with Crippen molar-refractivity contribution in [3.8, 4) is 11.4 Å². The number of nitrogens with two attached hydrogens (primary N) is 1. The Balaban J connectivity index is 1.54. The maximum Gasteiger partial charge on any atom is 0.246 e. The molecule has 1 saturated heterocycles. The lowest BCUT2D eigenvalue weighted by Crippen LogP contribution is -2.30. The predicted molar refractivity (Wildman–Crippen MR) is 102 cm³/mol. The SMILES string of the molecule is NC(=O)C1CCC(CNc2ccc3nnc(-c4cc(Cl)cc(Cl)c4)n3n2)O1. The summed E-state index contributed by atoms with van der Waals surface area (Å²) in [7, 11) is 0. The normalized spacial score (nSPS) is 19.5. The number of nitrogens with zero attached hydrogens (tertiary/aromatic N) is 4. The zero-order valence-electron chi connectivity index (χ0n) is 14.1. The number of rotatable bonds is 5. The first-order valence-electron chi connectivity index (χ1n) is 8.37. The first-order chi connectivity index (χ1) is 13.0. The molecule has 8 nitrogen and oxygen atoms in total. The van der Waals surface area contributed by atoms with Crippen LogP contribution in [0.2, 0.25) is 10.0 Å². The van der Waals surface area contributed by atoms with Crippen molar-refractivity contribution in [1.29, 1.82) is 0 Å². The molecule has 0 aliphatic carbocycles. The van der Waals surface area contributed by atoms with Gasteiger partial charge in [0.05, 0.1) is 6.10 Å².